The zero-order valence-corrected chi connectivity index (χ0v) is 21.9. The molecular formula is C31H33N3O4. The van der Waals surface area contributed by atoms with Crippen LogP contribution in [0.2, 0.25) is 0 Å². The lowest BCUT2D eigenvalue weighted by Crippen LogP contribution is -2.34. The van der Waals surface area contributed by atoms with Gasteiger partial charge in [0.1, 0.15) is 17.7 Å². The maximum absolute atomic E-state index is 12.2. The molecule has 0 aliphatic carbocycles. The SMILES string of the molecule is COC(=O)c1ccc2nc(CN3CCc4ccc(OC(C)c5ccccc5)cc4C3)n(CC3CCO3)c2c1. The molecule has 1 aromatic heterocycles. The maximum Gasteiger partial charge on any atom is 0.337 e. The fourth-order valence-electron chi connectivity index (χ4n) is 5.37. The van der Waals surface area contributed by atoms with Gasteiger partial charge < -0.3 is 18.8 Å². The van der Waals surface area contributed by atoms with Crippen LogP contribution in [0.15, 0.2) is 66.7 Å². The number of esters is 1. The summed E-state index contributed by atoms with van der Waals surface area (Å²) in [5, 5.41) is 0. The van der Waals surface area contributed by atoms with Gasteiger partial charge in [0.2, 0.25) is 0 Å². The van der Waals surface area contributed by atoms with E-state index in [9.17, 15) is 4.79 Å². The van der Waals surface area contributed by atoms with Gasteiger partial charge in [-0.2, -0.15) is 0 Å². The molecule has 38 heavy (non-hydrogen) atoms. The van der Waals surface area contributed by atoms with E-state index >= 15 is 0 Å². The van der Waals surface area contributed by atoms with Crippen molar-refractivity contribution in [2.75, 3.05) is 20.3 Å². The molecular weight excluding hydrogens is 478 g/mol. The summed E-state index contributed by atoms with van der Waals surface area (Å²) in [6.45, 7) is 6.14. The van der Waals surface area contributed by atoms with E-state index in [1.807, 2.05) is 30.3 Å². The molecule has 0 saturated carbocycles. The van der Waals surface area contributed by atoms with Crippen molar-refractivity contribution in [1.82, 2.24) is 14.5 Å². The average molecular weight is 512 g/mol. The summed E-state index contributed by atoms with van der Waals surface area (Å²) in [4.78, 5) is 19.6. The summed E-state index contributed by atoms with van der Waals surface area (Å²) in [6.07, 6.45) is 2.19. The lowest BCUT2D eigenvalue weighted by Gasteiger charge is -2.31. The number of fused-ring (bicyclic) bond motifs is 2. The Morgan fingerprint density at radius 3 is 2.71 bits per heavy atom. The second-order valence-corrected chi connectivity index (χ2v) is 10.2. The molecule has 7 heteroatoms. The first-order valence-electron chi connectivity index (χ1n) is 13.3. The minimum atomic E-state index is -0.340. The van der Waals surface area contributed by atoms with E-state index in [2.05, 4.69) is 46.7 Å². The Kier molecular flexibility index (Phi) is 6.87. The largest absolute Gasteiger partial charge is 0.486 e. The second-order valence-electron chi connectivity index (χ2n) is 10.2. The molecule has 2 aliphatic heterocycles. The highest BCUT2D eigenvalue weighted by Gasteiger charge is 2.25. The van der Waals surface area contributed by atoms with E-state index in [-0.39, 0.29) is 18.2 Å². The summed E-state index contributed by atoms with van der Waals surface area (Å²) >= 11 is 0. The molecule has 0 amide bonds. The first kappa shape index (κ1) is 24.6. The van der Waals surface area contributed by atoms with Crippen LogP contribution in [0.1, 0.15) is 52.3 Å². The van der Waals surface area contributed by atoms with Gasteiger partial charge in [0.25, 0.3) is 0 Å². The Morgan fingerprint density at radius 2 is 1.95 bits per heavy atom. The highest BCUT2D eigenvalue weighted by molar-refractivity contribution is 5.93. The smallest absolute Gasteiger partial charge is 0.337 e. The van der Waals surface area contributed by atoms with Crippen molar-refractivity contribution in [3.8, 4) is 5.75 Å². The average Bonchev–Trinajstić information content (AvgIpc) is 3.26. The van der Waals surface area contributed by atoms with Crippen molar-refractivity contribution < 1.29 is 19.0 Å². The number of hydrogen-bond donors (Lipinski definition) is 0. The van der Waals surface area contributed by atoms with Crippen LogP contribution in [0.4, 0.5) is 0 Å². The molecule has 0 spiro atoms. The molecule has 3 aromatic carbocycles. The lowest BCUT2D eigenvalue weighted by molar-refractivity contribution is -0.0592. The van der Waals surface area contributed by atoms with Crippen LogP contribution in [0.5, 0.6) is 5.75 Å². The number of benzene rings is 3. The molecule has 0 radical (unpaired) electrons. The number of ether oxygens (including phenoxy) is 3. The van der Waals surface area contributed by atoms with Crippen LogP contribution in [0, 0.1) is 0 Å². The van der Waals surface area contributed by atoms with E-state index < -0.39 is 0 Å². The van der Waals surface area contributed by atoms with Crippen LogP contribution in [0.25, 0.3) is 11.0 Å². The summed E-state index contributed by atoms with van der Waals surface area (Å²) in [5.41, 5.74) is 6.20. The first-order valence-corrected chi connectivity index (χ1v) is 13.3. The molecule has 196 valence electrons. The first-order chi connectivity index (χ1) is 18.6. The molecule has 3 heterocycles. The number of carbonyl (C=O) groups is 1. The number of hydrogen-bond acceptors (Lipinski definition) is 6. The lowest BCUT2D eigenvalue weighted by atomic mass is 9.99. The van der Waals surface area contributed by atoms with Crippen LogP contribution in [-0.2, 0) is 35.5 Å². The predicted molar refractivity (Wildman–Crippen MR) is 145 cm³/mol. The van der Waals surface area contributed by atoms with Crippen molar-refractivity contribution >= 4 is 17.0 Å². The van der Waals surface area contributed by atoms with E-state index in [0.717, 1.165) is 73.8 Å². The highest BCUT2D eigenvalue weighted by Crippen LogP contribution is 2.29. The zero-order valence-electron chi connectivity index (χ0n) is 21.9. The second kappa shape index (κ2) is 10.6. The summed E-state index contributed by atoms with van der Waals surface area (Å²) in [7, 11) is 1.41. The van der Waals surface area contributed by atoms with Gasteiger partial charge in [0, 0.05) is 19.7 Å². The van der Waals surface area contributed by atoms with Gasteiger partial charge >= 0.3 is 5.97 Å². The van der Waals surface area contributed by atoms with E-state index in [1.165, 1.54) is 18.2 Å². The Hall–Kier alpha value is -3.68. The minimum Gasteiger partial charge on any atom is -0.486 e. The van der Waals surface area contributed by atoms with Gasteiger partial charge in [-0.15, -0.1) is 0 Å². The van der Waals surface area contributed by atoms with Crippen LogP contribution in [-0.4, -0.2) is 46.8 Å². The monoisotopic (exact) mass is 511 g/mol. The topological polar surface area (TPSA) is 65.8 Å². The fourth-order valence-corrected chi connectivity index (χ4v) is 5.37. The van der Waals surface area contributed by atoms with E-state index in [4.69, 9.17) is 19.2 Å². The van der Waals surface area contributed by atoms with Crippen molar-refractivity contribution in [1.29, 1.82) is 0 Å². The molecule has 4 aromatic rings. The number of nitrogens with zero attached hydrogens (tertiary/aromatic N) is 3. The minimum absolute atomic E-state index is 0.0162. The molecule has 2 aliphatic rings. The molecule has 1 fully saturated rings. The third-order valence-corrected chi connectivity index (χ3v) is 7.64. The van der Waals surface area contributed by atoms with Crippen molar-refractivity contribution in [2.45, 2.75) is 51.6 Å². The highest BCUT2D eigenvalue weighted by atomic mass is 16.5. The Bertz CT molecular complexity index is 1440. The van der Waals surface area contributed by atoms with Gasteiger partial charge in [0.15, 0.2) is 0 Å². The van der Waals surface area contributed by atoms with Gasteiger partial charge in [-0.05, 0) is 66.8 Å². The predicted octanol–water partition coefficient (Wildman–Crippen LogP) is 5.31. The summed E-state index contributed by atoms with van der Waals surface area (Å²) in [5.74, 6) is 1.55. The maximum atomic E-state index is 12.2. The van der Waals surface area contributed by atoms with Gasteiger partial charge in [-0.25, -0.2) is 9.78 Å². The van der Waals surface area contributed by atoms with Gasteiger partial charge in [-0.3, -0.25) is 4.90 Å². The molecule has 0 bridgehead atoms. The van der Waals surface area contributed by atoms with E-state index in [0.29, 0.717) is 5.56 Å². The van der Waals surface area contributed by atoms with Gasteiger partial charge in [-0.1, -0.05) is 36.4 Å². The number of carbonyl (C=O) groups excluding carboxylic acids is 1. The van der Waals surface area contributed by atoms with Crippen LogP contribution < -0.4 is 4.74 Å². The third kappa shape index (κ3) is 5.04. The van der Waals surface area contributed by atoms with Gasteiger partial charge in [0.05, 0.1) is 42.9 Å². The Morgan fingerprint density at radius 1 is 1.11 bits per heavy atom. The van der Waals surface area contributed by atoms with E-state index in [1.54, 1.807) is 6.07 Å². The fraction of sp³-hybridized carbons (Fsp3) is 0.355. The summed E-state index contributed by atoms with van der Waals surface area (Å²) in [6, 6.07) is 22.4. The zero-order chi connectivity index (χ0) is 26.1. The molecule has 7 nitrogen and oxygen atoms in total. The van der Waals surface area contributed by atoms with Crippen LogP contribution >= 0.6 is 0 Å². The standard InChI is InChI=1S/C31H33N3O4/c1-21(22-6-4-3-5-7-22)38-26-10-8-23-12-14-33(18-25(23)16-26)20-30-32-28-11-9-24(31(35)36-2)17-29(28)34(30)19-27-13-15-37-27/h3-11,16-17,21,27H,12-15,18-20H2,1-2H3. The molecule has 2 unspecified atom stereocenters. The molecule has 6 rings (SSSR count). The van der Waals surface area contributed by atoms with Crippen molar-refractivity contribution in [2.24, 2.45) is 0 Å². The van der Waals surface area contributed by atoms with Crippen molar-refractivity contribution in [3.63, 3.8) is 0 Å². The Balaban J connectivity index is 1.22. The quantitative estimate of drug-likeness (QED) is 0.299. The number of rotatable bonds is 8. The normalized spacial score (nSPS) is 18.0. The number of methoxy groups -OCH3 is 1. The molecule has 1 saturated heterocycles. The third-order valence-electron chi connectivity index (χ3n) is 7.64. The van der Waals surface area contributed by atoms with Crippen LogP contribution in [0.3, 0.4) is 0 Å². The number of imidazole rings is 1. The van der Waals surface area contributed by atoms with Crippen molar-refractivity contribution in [3.05, 3.63) is 94.8 Å². The molecule has 2 atom stereocenters. The summed E-state index contributed by atoms with van der Waals surface area (Å²) < 4.78 is 19.2. The number of aromatic nitrogens is 2. The molecule has 0 N–H and O–H groups in total. The Labute approximate surface area is 222 Å².